The number of phenols is 2. The first-order chi connectivity index (χ1) is 17.9. The Bertz CT molecular complexity index is 1370. The second-order valence-electron chi connectivity index (χ2n) is 10.1. The Hall–Kier alpha value is -1.25. The Morgan fingerprint density at radius 2 is 1.77 bits per heavy atom. The molecule has 0 spiro atoms. The van der Waals surface area contributed by atoms with Gasteiger partial charge in [0.2, 0.25) is 5.78 Å². The number of fused-ring (bicyclic) bond motifs is 3. The van der Waals surface area contributed by atoms with Gasteiger partial charge >= 0.3 is 58.2 Å². The van der Waals surface area contributed by atoms with E-state index in [-0.39, 0.29) is 111 Å². The fourth-order valence-corrected chi connectivity index (χ4v) is 5.66. The minimum absolute atomic E-state index is 0. The zero-order valence-corrected chi connectivity index (χ0v) is 22.3. The summed E-state index contributed by atoms with van der Waals surface area (Å²) in [6.07, 6.45) is -4.53. The van der Waals surface area contributed by atoms with E-state index in [1.807, 2.05) is 0 Å². The van der Waals surface area contributed by atoms with Crippen LogP contribution in [0.5, 0.6) is 17.2 Å². The molecule has 212 valence electrons. The molecule has 0 aromatic heterocycles. The van der Waals surface area contributed by atoms with Gasteiger partial charge in [-0.15, -0.1) is 12.4 Å². The summed E-state index contributed by atoms with van der Waals surface area (Å²) >= 11 is 0. The summed E-state index contributed by atoms with van der Waals surface area (Å²) in [5.41, 5.74) is 2.97. The second-order valence-corrected chi connectivity index (χ2v) is 10.1. The molecule has 0 saturated carbocycles. The number of nitrogens with two attached hydrogens (primary N) is 1. The van der Waals surface area contributed by atoms with Crippen LogP contribution in [0.3, 0.4) is 0 Å². The summed E-state index contributed by atoms with van der Waals surface area (Å²) < 4.78 is 17.1. The molecular weight excluding hydrogens is 619 g/mol. The number of carbonyl (C=O) groups is 3. The van der Waals surface area contributed by atoms with E-state index in [2.05, 4.69) is 0 Å². The molecule has 2 aromatic carbocycles. The zero-order chi connectivity index (χ0) is 27.7. The van der Waals surface area contributed by atoms with Crippen LogP contribution >= 0.6 is 12.4 Å². The van der Waals surface area contributed by atoms with Gasteiger partial charge in [0.15, 0.2) is 17.9 Å². The van der Waals surface area contributed by atoms with E-state index in [1.54, 1.807) is 6.92 Å². The summed E-state index contributed by atoms with van der Waals surface area (Å²) in [5, 5.41) is 44.1. The molecule has 11 nitrogen and oxygen atoms in total. The van der Waals surface area contributed by atoms with E-state index in [4.69, 9.17) is 19.9 Å². The van der Waals surface area contributed by atoms with Gasteiger partial charge in [-0.25, -0.2) is 0 Å². The van der Waals surface area contributed by atoms with Crippen LogP contribution in [0.1, 0.15) is 75.8 Å². The van der Waals surface area contributed by atoms with Crippen LogP contribution in [-0.4, -0.2) is 133 Å². The first kappa shape index (κ1) is 33.2. The monoisotopic (exact) mass is 649 g/mol. The maximum absolute atomic E-state index is 13.6. The number of ketones is 3. The molecule has 5 rings (SSSR count). The molecule has 3 aliphatic rings. The van der Waals surface area contributed by atoms with E-state index < -0.39 is 82.6 Å². The number of Topliss-reactive ketones (excluding diaryl/α,β-unsaturated/α-hetero) is 1. The topological polar surface area (TPSA) is 186 Å². The predicted molar refractivity (Wildman–Crippen MR) is 145 cm³/mol. The number of benzene rings is 2. The predicted octanol–water partition coefficient (Wildman–Crippen LogP) is 0.802. The van der Waals surface area contributed by atoms with Crippen molar-refractivity contribution in [3.63, 3.8) is 0 Å². The summed E-state index contributed by atoms with van der Waals surface area (Å²) in [7, 11) is 1.34. The molecule has 0 radical (unpaired) electrons. The van der Waals surface area contributed by atoms with Crippen LogP contribution in [0.25, 0.3) is 0 Å². The third-order valence-corrected chi connectivity index (χ3v) is 7.80. The number of phenolic OH excluding ortho intramolecular Hbond substituents is 2. The van der Waals surface area contributed by atoms with Crippen LogP contribution in [0, 0.1) is 0 Å². The van der Waals surface area contributed by atoms with Gasteiger partial charge in [0, 0.05) is 42.0 Å². The SMILES string of the molecule is COc1cccc2c1C(=O)c1c(O)c3c(c(O)c1C2=O)C[C@@](O)(C(C)=O)C[C@@H]3OC1CC(N)C(O)C(C)O1.Cl.[RbH]. The summed E-state index contributed by atoms with van der Waals surface area (Å²) in [6.45, 7) is 2.79. The maximum atomic E-state index is 13.6. The van der Waals surface area contributed by atoms with Crippen LogP contribution < -0.4 is 10.5 Å². The molecule has 13 heteroatoms. The van der Waals surface area contributed by atoms with Gasteiger partial charge in [-0.1, -0.05) is 12.1 Å². The van der Waals surface area contributed by atoms with Crippen molar-refractivity contribution >= 4 is 87.9 Å². The number of ether oxygens (including phenoxy) is 3. The molecule has 2 aliphatic carbocycles. The molecule has 0 bridgehead atoms. The molecule has 0 amide bonds. The van der Waals surface area contributed by atoms with Gasteiger partial charge < -0.3 is 40.4 Å². The van der Waals surface area contributed by atoms with Crippen molar-refractivity contribution in [2.75, 3.05) is 7.11 Å². The number of aliphatic hydroxyl groups is 2. The molecule has 1 heterocycles. The minimum atomic E-state index is -2.00. The Labute approximate surface area is 285 Å². The van der Waals surface area contributed by atoms with Crippen molar-refractivity contribution < 1.29 is 49.0 Å². The third kappa shape index (κ3) is 5.23. The average molecular weight is 650 g/mol. The number of aliphatic hydroxyl groups excluding tert-OH is 1. The van der Waals surface area contributed by atoms with E-state index >= 15 is 0 Å². The number of hydrogen-bond donors (Lipinski definition) is 5. The second kappa shape index (κ2) is 12.2. The molecule has 1 saturated heterocycles. The van der Waals surface area contributed by atoms with Gasteiger partial charge in [-0.2, -0.15) is 0 Å². The van der Waals surface area contributed by atoms with E-state index in [0.717, 1.165) is 0 Å². The summed E-state index contributed by atoms with van der Waals surface area (Å²) in [5.74, 6) is -3.18. The van der Waals surface area contributed by atoms with E-state index in [0.29, 0.717) is 0 Å². The van der Waals surface area contributed by atoms with Crippen molar-refractivity contribution in [1.29, 1.82) is 0 Å². The van der Waals surface area contributed by atoms with Crippen molar-refractivity contribution in [2.45, 2.75) is 69.4 Å². The number of halogens is 1. The molecule has 1 fully saturated rings. The number of rotatable bonds is 4. The van der Waals surface area contributed by atoms with Crippen molar-refractivity contribution in [2.24, 2.45) is 5.73 Å². The molecular formula is C27H31ClNO10Rb. The number of aromatic hydroxyl groups is 2. The molecule has 40 heavy (non-hydrogen) atoms. The van der Waals surface area contributed by atoms with Gasteiger partial charge in [-0.3, -0.25) is 14.4 Å². The third-order valence-electron chi connectivity index (χ3n) is 7.80. The quantitative estimate of drug-likeness (QED) is 0.252. The van der Waals surface area contributed by atoms with Crippen LogP contribution in [0.2, 0.25) is 0 Å². The van der Waals surface area contributed by atoms with Crippen molar-refractivity contribution in [3.8, 4) is 17.2 Å². The molecule has 2 aromatic rings. The first-order valence-corrected chi connectivity index (χ1v) is 12.2. The van der Waals surface area contributed by atoms with Gasteiger partial charge in [0.05, 0.1) is 42.1 Å². The summed E-state index contributed by atoms with van der Waals surface area (Å²) in [4.78, 5) is 39.6. The first-order valence-electron chi connectivity index (χ1n) is 12.2. The number of methoxy groups -OCH3 is 1. The van der Waals surface area contributed by atoms with Crippen LogP contribution in [0.4, 0.5) is 0 Å². The van der Waals surface area contributed by atoms with Gasteiger partial charge in [-0.05, 0) is 19.9 Å². The number of carbonyl (C=O) groups excluding carboxylic acids is 3. The van der Waals surface area contributed by atoms with E-state index in [9.17, 15) is 34.8 Å². The molecule has 4 unspecified atom stereocenters. The standard InChI is InChI=1S/C27H29NO10.ClH.Rb.H/c1-10-22(30)14(28)7-17(37-10)38-16-9-27(35,11(2)29)8-13-19(16)26(34)21-20(24(13)32)23(31)12-5-4-6-15(36-3)18(12)25(21)33;;;/h4-6,10,14,16-17,22,30,32,34-35H,7-9,28H2,1-3H3;1H;;/t10?,14?,16-,17?,22?,27-;;;/m0.../s1. The Kier molecular flexibility index (Phi) is 10.1. The summed E-state index contributed by atoms with van der Waals surface area (Å²) in [6, 6.07) is 3.75. The zero-order valence-electron chi connectivity index (χ0n) is 21.5. The molecule has 1 aliphatic heterocycles. The Morgan fingerprint density at radius 1 is 1.12 bits per heavy atom. The van der Waals surface area contributed by atoms with Gasteiger partial charge in [0.1, 0.15) is 22.8 Å². The normalized spacial score (nSPS) is 28.8. The van der Waals surface area contributed by atoms with Crippen LogP contribution in [0.15, 0.2) is 18.2 Å². The number of hydrogen-bond acceptors (Lipinski definition) is 11. The average Bonchev–Trinajstić information content (AvgIpc) is 2.87. The van der Waals surface area contributed by atoms with Crippen molar-refractivity contribution in [1.82, 2.24) is 0 Å². The fraction of sp³-hybridized carbons (Fsp3) is 0.444. The molecule has 6 atom stereocenters. The van der Waals surface area contributed by atoms with Crippen molar-refractivity contribution in [3.05, 3.63) is 51.6 Å². The Balaban J connectivity index is 0.00000220. The van der Waals surface area contributed by atoms with Gasteiger partial charge in [0.25, 0.3) is 0 Å². The van der Waals surface area contributed by atoms with E-state index in [1.165, 1.54) is 32.2 Å². The van der Waals surface area contributed by atoms with Crippen LogP contribution in [-0.2, 0) is 20.7 Å². The molecule has 6 N–H and O–H groups in total. The Morgan fingerprint density at radius 3 is 2.38 bits per heavy atom. The fourth-order valence-electron chi connectivity index (χ4n) is 5.66.